The molecule has 0 fully saturated rings. The fraction of sp³-hybridized carbons (Fsp3) is 0.211. The van der Waals surface area contributed by atoms with E-state index in [0.29, 0.717) is 22.1 Å². The maximum atomic E-state index is 11.9. The number of aliphatic carboxylic acids is 1. The van der Waals surface area contributed by atoms with E-state index in [1.165, 1.54) is 20.2 Å². The number of hydrogen-bond acceptors (Lipinski definition) is 6. The average molecular weight is 407 g/mol. The van der Waals surface area contributed by atoms with Crippen LogP contribution in [0.25, 0.3) is 0 Å². The molecule has 2 N–H and O–H groups in total. The Morgan fingerprint density at radius 2 is 2.04 bits per heavy atom. The molecule has 0 spiro atoms. The second-order valence-corrected chi connectivity index (χ2v) is 5.95. The average Bonchev–Trinajstić information content (AvgIpc) is 2.67. The van der Waals surface area contributed by atoms with Crippen molar-refractivity contribution >= 4 is 29.7 Å². The summed E-state index contributed by atoms with van der Waals surface area (Å²) in [6.07, 6.45) is 0.230. The molecule has 1 amide bonds. The van der Waals surface area contributed by atoms with Gasteiger partial charge in [-0.3, -0.25) is 4.79 Å². The van der Waals surface area contributed by atoms with Crippen LogP contribution in [0.5, 0.6) is 17.2 Å². The van der Waals surface area contributed by atoms with Crippen molar-refractivity contribution in [2.24, 2.45) is 5.10 Å². The number of nitrogens with zero attached hydrogens (tertiary/aromatic N) is 1. The first kappa shape index (κ1) is 21.0. The molecular formula is C19H19ClN2O6. The lowest BCUT2D eigenvalue weighted by atomic mass is 10.2. The summed E-state index contributed by atoms with van der Waals surface area (Å²) in [6, 6.07) is 11.6. The number of carbonyl (C=O) groups excluding carboxylic acids is 1. The summed E-state index contributed by atoms with van der Waals surface area (Å²) in [6.45, 7) is 1.14. The van der Waals surface area contributed by atoms with Crippen molar-refractivity contribution in [1.29, 1.82) is 0 Å². The molecule has 2 aromatic rings. The molecule has 0 unspecified atom stereocenters. The van der Waals surface area contributed by atoms with Crippen LogP contribution in [0, 0.1) is 0 Å². The van der Waals surface area contributed by atoms with Gasteiger partial charge in [-0.25, -0.2) is 10.2 Å². The quantitative estimate of drug-likeness (QED) is 0.490. The number of carboxylic acids is 1. The molecule has 0 saturated carbocycles. The Balaban J connectivity index is 2.00. The zero-order valence-electron chi connectivity index (χ0n) is 15.2. The van der Waals surface area contributed by atoms with E-state index in [4.69, 9.17) is 30.9 Å². The van der Waals surface area contributed by atoms with Gasteiger partial charge in [0.1, 0.15) is 5.75 Å². The summed E-state index contributed by atoms with van der Waals surface area (Å²) < 4.78 is 15.9. The van der Waals surface area contributed by atoms with Crippen LogP contribution < -0.4 is 19.6 Å². The first-order valence-electron chi connectivity index (χ1n) is 8.17. The maximum Gasteiger partial charge on any atom is 0.344 e. The lowest BCUT2D eigenvalue weighted by Crippen LogP contribution is -2.25. The first-order chi connectivity index (χ1) is 13.4. The van der Waals surface area contributed by atoms with E-state index in [9.17, 15) is 9.59 Å². The smallest absolute Gasteiger partial charge is 0.344 e. The largest absolute Gasteiger partial charge is 0.493 e. The predicted octanol–water partition coefficient (Wildman–Crippen LogP) is 2.73. The Morgan fingerprint density at radius 3 is 2.71 bits per heavy atom. The Bertz CT molecular complexity index is 871. The number of hydrogen-bond donors (Lipinski definition) is 2. The zero-order chi connectivity index (χ0) is 20.5. The van der Waals surface area contributed by atoms with E-state index in [2.05, 4.69) is 10.5 Å². The van der Waals surface area contributed by atoms with Gasteiger partial charge in [0, 0.05) is 10.6 Å². The Hall–Kier alpha value is -3.26. The SMILES string of the molecule is COc1cccc(/C=N/NC(=O)COc2cccc(Cl)c2)c1O[C@@H](C)C(=O)O. The monoisotopic (exact) mass is 406 g/mol. The van der Waals surface area contributed by atoms with Crippen molar-refractivity contribution in [2.45, 2.75) is 13.0 Å². The molecule has 2 aromatic carbocycles. The summed E-state index contributed by atoms with van der Waals surface area (Å²) in [5.41, 5.74) is 2.75. The number of rotatable bonds is 9. The fourth-order valence-electron chi connectivity index (χ4n) is 2.06. The van der Waals surface area contributed by atoms with Crippen LogP contribution in [0.4, 0.5) is 0 Å². The van der Waals surface area contributed by atoms with Gasteiger partial charge in [0.2, 0.25) is 0 Å². The summed E-state index contributed by atoms with van der Waals surface area (Å²) in [7, 11) is 1.43. The zero-order valence-corrected chi connectivity index (χ0v) is 16.0. The van der Waals surface area contributed by atoms with Gasteiger partial charge in [-0.05, 0) is 37.3 Å². The summed E-state index contributed by atoms with van der Waals surface area (Å²) in [4.78, 5) is 22.9. The number of hydrazone groups is 1. The van der Waals surface area contributed by atoms with E-state index >= 15 is 0 Å². The molecule has 28 heavy (non-hydrogen) atoms. The third-order valence-electron chi connectivity index (χ3n) is 3.43. The molecule has 0 saturated heterocycles. The molecule has 8 nitrogen and oxygen atoms in total. The second kappa shape index (κ2) is 10.2. The summed E-state index contributed by atoms with van der Waals surface area (Å²) >= 11 is 5.84. The van der Waals surface area contributed by atoms with Gasteiger partial charge in [-0.15, -0.1) is 0 Å². The minimum Gasteiger partial charge on any atom is -0.493 e. The van der Waals surface area contributed by atoms with Crippen LogP contribution in [0.15, 0.2) is 47.6 Å². The van der Waals surface area contributed by atoms with Crippen LogP contribution in [0.3, 0.4) is 0 Å². The van der Waals surface area contributed by atoms with Crippen LogP contribution >= 0.6 is 11.6 Å². The number of nitrogens with one attached hydrogen (secondary N) is 1. The highest BCUT2D eigenvalue weighted by Crippen LogP contribution is 2.31. The van der Waals surface area contributed by atoms with Crippen molar-refractivity contribution in [3.63, 3.8) is 0 Å². The molecule has 0 heterocycles. The van der Waals surface area contributed by atoms with E-state index in [0.717, 1.165) is 0 Å². The van der Waals surface area contributed by atoms with Crippen molar-refractivity contribution in [3.8, 4) is 17.2 Å². The van der Waals surface area contributed by atoms with Gasteiger partial charge < -0.3 is 19.3 Å². The third-order valence-corrected chi connectivity index (χ3v) is 3.67. The molecular weight excluding hydrogens is 388 g/mol. The van der Waals surface area contributed by atoms with E-state index < -0.39 is 18.0 Å². The summed E-state index contributed by atoms with van der Waals surface area (Å²) in [5.74, 6) is -0.612. The van der Waals surface area contributed by atoms with E-state index in [1.54, 1.807) is 42.5 Å². The van der Waals surface area contributed by atoms with Gasteiger partial charge in [0.25, 0.3) is 5.91 Å². The normalized spacial score (nSPS) is 11.7. The van der Waals surface area contributed by atoms with Gasteiger partial charge in [-0.2, -0.15) is 5.10 Å². The molecule has 2 rings (SSSR count). The molecule has 0 radical (unpaired) electrons. The number of carboxylic acid groups (broad SMARTS) is 1. The number of carbonyl (C=O) groups is 2. The lowest BCUT2D eigenvalue weighted by molar-refractivity contribution is -0.144. The maximum absolute atomic E-state index is 11.9. The van der Waals surface area contributed by atoms with Crippen molar-refractivity contribution in [3.05, 3.63) is 53.1 Å². The van der Waals surface area contributed by atoms with Gasteiger partial charge in [0.15, 0.2) is 24.2 Å². The second-order valence-electron chi connectivity index (χ2n) is 5.52. The fourth-order valence-corrected chi connectivity index (χ4v) is 2.24. The minimum absolute atomic E-state index is 0.202. The van der Waals surface area contributed by atoms with Crippen molar-refractivity contribution in [2.75, 3.05) is 13.7 Å². The molecule has 0 aliphatic rings. The molecule has 148 valence electrons. The van der Waals surface area contributed by atoms with Crippen LogP contribution in [0.2, 0.25) is 5.02 Å². The van der Waals surface area contributed by atoms with E-state index in [-0.39, 0.29) is 12.4 Å². The number of benzene rings is 2. The van der Waals surface area contributed by atoms with Gasteiger partial charge in [0.05, 0.1) is 13.3 Å². The molecule has 9 heteroatoms. The minimum atomic E-state index is -1.12. The van der Waals surface area contributed by atoms with Crippen molar-refractivity contribution < 1.29 is 28.9 Å². The lowest BCUT2D eigenvalue weighted by Gasteiger charge is -2.15. The first-order valence-corrected chi connectivity index (χ1v) is 8.55. The number of halogens is 1. The van der Waals surface area contributed by atoms with Crippen LogP contribution in [-0.2, 0) is 9.59 Å². The molecule has 0 aromatic heterocycles. The number of amides is 1. The molecule has 1 atom stereocenters. The number of para-hydroxylation sites is 1. The highest BCUT2D eigenvalue weighted by Gasteiger charge is 2.18. The Labute approximate surface area is 166 Å². The number of methoxy groups -OCH3 is 1. The highest BCUT2D eigenvalue weighted by atomic mass is 35.5. The summed E-state index contributed by atoms with van der Waals surface area (Å²) in [5, 5.41) is 13.4. The molecule has 0 aliphatic heterocycles. The standard InChI is InChI=1S/C19H19ClN2O6/c1-12(19(24)25)28-18-13(5-3-8-16(18)26-2)10-21-22-17(23)11-27-15-7-4-6-14(20)9-15/h3-10,12H,11H2,1-2H3,(H,22,23)(H,24,25)/b21-10+/t12-/m0/s1. The van der Waals surface area contributed by atoms with Crippen LogP contribution in [-0.4, -0.2) is 43.0 Å². The third kappa shape index (κ3) is 6.17. The molecule has 0 aliphatic carbocycles. The number of ether oxygens (including phenoxy) is 3. The van der Waals surface area contributed by atoms with E-state index in [1.807, 2.05) is 0 Å². The molecule has 0 bridgehead atoms. The van der Waals surface area contributed by atoms with Crippen molar-refractivity contribution in [1.82, 2.24) is 5.43 Å². The van der Waals surface area contributed by atoms with Gasteiger partial charge >= 0.3 is 5.97 Å². The highest BCUT2D eigenvalue weighted by molar-refractivity contribution is 6.30. The topological polar surface area (TPSA) is 106 Å². The Morgan fingerprint density at radius 1 is 1.29 bits per heavy atom. The van der Waals surface area contributed by atoms with Gasteiger partial charge in [-0.1, -0.05) is 23.7 Å². The van der Waals surface area contributed by atoms with Crippen LogP contribution in [0.1, 0.15) is 12.5 Å². The Kier molecular flexibility index (Phi) is 7.65. The predicted molar refractivity (Wildman–Crippen MR) is 103 cm³/mol.